The Labute approximate surface area is 190 Å². The molecule has 0 saturated carbocycles. The molecule has 0 unspecified atom stereocenters. The number of hydrogen-bond acceptors (Lipinski definition) is 6. The molecule has 2 amide bonds. The highest BCUT2D eigenvalue weighted by Crippen LogP contribution is 2.21. The Morgan fingerprint density at radius 3 is 1.48 bits per heavy atom. The van der Waals surface area contributed by atoms with Crippen LogP contribution >= 0.6 is 0 Å². The third kappa shape index (κ3) is 5.61. The zero-order valence-corrected chi connectivity index (χ0v) is 17.8. The fourth-order valence-corrected chi connectivity index (χ4v) is 3.49. The molecule has 0 bridgehead atoms. The van der Waals surface area contributed by atoms with Crippen LogP contribution in [0, 0.1) is 11.6 Å². The summed E-state index contributed by atoms with van der Waals surface area (Å²) >= 11 is 0. The number of benzene rings is 2. The lowest BCUT2D eigenvalue weighted by Gasteiger charge is -2.27. The first-order valence-electron chi connectivity index (χ1n) is 10.5. The largest absolute Gasteiger partial charge is 0.658 e. The quantitative estimate of drug-likeness (QED) is 0.615. The number of hydrogen-bond donors (Lipinski definition) is 0. The van der Waals surface area contributed by atoms with E-state index in [-0.39, 0.29) is 22.6 Å². The van der Waals surface area contributed by atoms with E-state index < -0.39 is 23.4 Å². The molecule has 4 rings (SSSR count). The molecule has 0 atom stereocenters. The van der Waals surface area contributed by atoms with Gasteiger partial charge in [-0.1, -0.05) is 0 Å². The van der Waals surface area contributed by atoms with Crippen molar-refractivity contribution in [2.75, 3.05) is 52.6 Å². The summed E-state index contributed by atoms with van der Waals surface area (Å²) in [7, 11) is 0.913. The number of rotatable bonds is 6. The smallest absolute Gasteiger partial charge is 0.526 e. The maximum atomic E-state index is 14.4. The van der Waals surface area contributed by atoms with Gasteiger partial charge in [0.2, 0.25) is 0 Å². The van der Waals surface area contributed by atoms with Crippen LogP contribution in [0.1, 0.15) is 20.7 Å². The zero-order chi connectivity index (χ0) is 23.2. The van der Waals surface area contributed by atoms with E-state index >= 15 is 0 Å². The van der Waals surface area contributed by atoms with Crippen molar-refractivity contribution in [2.24, 2.45) is 0 Å². The maximum Gasteiger partial charge on any atom is 0.658 e. The molecule has 173 valence electrons. The summed E-state index contributed by atoms with van der Waals surface area (Å²) < 4.78 is 49.7. The Kier molecular flexibility index (Phi) is 7.41. The Morgan fingerprint density at radius 2 is 1.12 bits per heavy atom. The van der Waals surface area contributed by atoms with E-state index in [1.165, 1.54) is 34.1 Å². The number of carbonyl (C=O) groups excluding carboxylic acids is 2. The third-order valence-electron chi connectivity index (χ3n) is 5.31. The molecule has 2 aromatic rings. The molecular formula is C22H22BF2N2O6. The van der Waals surface area contributed by atoms with Crippen LogP contribution in [0.15, 0.2) is 36.4 Å². The van der Waals surface area contributed by atoms with E-state index in [0.717, 1.165) is 19.8 Å². The molecule has 2 aromatic carbocycles. The molecule has 2 fully saturated rings. The van der Waals surface area contributed by atoms with Crippen LogP contribution in [0.2, 0.25) is 0 Å². The van der Waals surface area contributed by atoms with Gasteiger partial charge in [-0.05, 0) is 24.3 Å². The lowest BCUT2D eigenvalue weighted by atomic mass is 10.1. The molecule has 0 aliphatic carbocycles. The highest BCUT2D eigenvalue weighted by molar-refractivity contribution is 6.20. The average molecular weight is 459 g/mol. The number of carbonyl (C=O) groups is 2. The van der Waals surface area contributed by atoms with Crippen molar-refractivity contribution in [3.05, 3.63) is 59.2 Å². The number of amides is 2. The molecule has 0 aromatic heterocycles. The van der Waals surface area contributed by atoms with Gasteiger partial charge in [0.1, 0.15) is 23.1 Å². The van der Waals surface area contributed by atoms with E-state index in [0.29, 0.717) is 52.6 Å². The first-order valence-corrected chi connectivity index (χ1v) is 10.5. The average Bonchev–Trinajstić information content (AvgIpc) is 2.84. The number of morpholine rings is 2. The van der Waals surface area contributed by atoms with Gasteiger partial charge < -0.3 is 28.6 Å². The van der Waals surface area contributed by atoms with Crippen molar-refractivity contribution in [1.29, 1.82) is 0 Å². The zero-order valence-electron chi connectivity index (χ0n) is 17.8. The predicted molar refractivity (Wildman–Crippen MR) is 113 cm³/mol. The summed E-state index contributed by atoms with van der Waals surface area (Å²) in [5, 5.41) is 0. The second-order valence-corrected chi connectivity index (χ2v) is 7.42. The molecule has 2 heterocycles. The maximum absolute atomic E-state index is 14.4. The number of ether oxygens (including phenoxy) is 2. The Balaban J connectivity index is 1.31. The first kappa shape index (κ1) is 23.0. The van der Waals surface area contributed by atoms with Gasteiger partial charge in [-0.25, -0.2) is 8.78 Å². The standard InChI is InChI=1S/C22H22BF2N2O6/c24-19-13-15(1-3-17(19)21(28)26-5-9-30-10-6-26)32-23-33-16-2-4-18(20(25)14-16)22(29)27-7-11-31-12-8-27/h1-4,13-14H,5-12H2. The normalized spacial score (nSPS) is 16.3. The minimum absolute atomic E-state index is 0.0623. The monoisotopic (exact) mass is 459 g/mol. The lowest BCUT2D eigenvalue weighted by molar-refractivity contribution is 0.0298. The molecule has 2 aliphatic heterocycles. The number of nitrogens with zero attached hydrogens (tertiary/aromatic N) is 2. The van der Waals surface area contributed by atoms with E-state index in [1.54, 1.807) is 0 Å². The molecule has 0 N–H and O–H groups in total. The lowest BCUT2D eigenvalue weighted by Crippen LogP contribution is -2.41. The van der Waals surface area contributed by atoms with Gasteiger partial charge in [0.15, 0.2) is 0 Å². The van der Waals surface area contributed by atoms with Crippen LogP contribution in [-0.2, 0) is 9.47 Å². The summed E-state index contributed by atoms with van der Waals surface area (Å²) in [5.41, 5.74) is -0.125. The van der Waals surface area contributed by atoms with Crippen LogP contribution in [0.3, 0.4) is 0 Å². The van der Waals surface area contributed by atoms with Gasteiger partial charge in [0.25, 0.3) is 11.8 Å². The van der Waals surface area contributed by atoms with Crippen LogP contribution in [0.4, 0.5) is 8.78 Å². The van der Waals surface area contributed by atoms with Crippen molar-refractivity contribution in [1.82, 2.24) is 9.80 Å². The van der Waals surface area contributed by atoms with Gasteiger partial charge in [0, 0.05) is 38.3 Å². The first-order chi connectivity index (χ1) is 16.0. The summed E-state index contributed by atoms with van der Waals surface area (Å²) in [4.78, 5) is 27.9. The van der Waals surface area contributed by atoms with Gasteiger partial charge in [0.05, 0.1) is 37.6 Å². The summed E-state index contributed by atoms with van der Waals surface area (Å²) in [6, 6.07) is 7.67. The summed E-state index contributed by atoms with van der Waals surface area (Å²) in [6.45, 7) is 3.31. The molecular weight excluding hydrogens is 437 g/mol. The van der Waals surface area contributed by atoms with Gasteiger partial charge in [-0.2, -0.15) is 0 Å². The fraction of sp³-hybridized carbons (Fsp3) is 0.364. The van der Waals surface area contributed by atoms with Crippen LogP contribution in [-0.4, -0.2) is 81.9 Å². The SMILES string of the molecule is O=C(c1ccc(O[B]Oc2ccc(C(=O)N3CCOCC3)c(F)c2)cc1F)N1CCOCC1. The topological polar surface area (TPSA) is 77.5 Å². The highest BCUT2D eigenvalue weighted by atomic mass is 19.1. The third-order valence-corrected chi connectivity index (χ3v) is 5.31. The second-order valence-electron chi connectivity index (χ2n) is 7.42. The van der Waals surface area contributed by atoms with Crippen molar-refractivity contribution >= 4 is 19.5 Å². The van der Waals surface area contributed by atoms with Crippen molar-refractivity contribution < 1.29 is 37.2 Å². The van der Waals surface area contributed by atoms with Crippen LogP contribution in [0.25, 0.3) is 0 Å². The fourth-order valence-electron chi connectivity index (χ4n) is 3.49. The molecule has 8 nitrogen and oxygen atoms in total. The Hall–Kier alpha value is -3.18. The van der Waals surface area contributed by atoms with E-state index in [9.17, 15) is 18.4 Å². The minimum Gasteiger partial charge on any atom is -0.526 e. The molecule has 1 radical (unpaired) electrons. The Bertz CT molecular complexity index is 933. The molecule has 11 heteroatoms. The van der Waals surface area contributed by atoms with Crippen molar-refractivity contribution in [2.45, 2.75) is 0 Å². The molecule has 33 heavy (non-hydrogen) atoms. The predicted octanol–water partition coefficient (Wildman–Crippen LogP) is 1.90. The van der Waals surface area contributed by atoms with Gasteiger partial charge >= 0.3 is 7.69 Å². The highest BCUT2D eigenvalue weighted by Gasteiger charge is 2.23. The summed E-state index contributed by atoms with van der Waals surface area (Å²) in [5.74, 6) is -2.07. The van der Waals surface area contributed by atoms with Crippen LogP contribution < -0.4 is 9.31 Å². The Morgan fingerprint density at radius 1 is 0.727 bits per heavy atom. The van der Waals surface area contributed by atoms with Crippen molar-refractivity contribution in [3.8, 4) is 11.5 Å². The van der Waals surface area contributed by atoms with Gasteiger partial charge in [-0.15, -0.1) is 0 Å². The van der Waals surface area contributed by atoms with E-state index in [1.807, 2.05) is 0 Å². The van der Waals surface area contributed by atoms with E-state index in [2.05, 4.69) is 0 Å². The molecule has 2 saturated heterocycles. The molecule has 0 spiro atoms. The minimum atomic E-state index is -0.727. The molecule has 2 aliphatic rings. The van der Waals surface area contributed by atoms with Crippen molar-refractivity contribution in [3.63, 3.8) is 0 Å². The number of halogens is 2. The van der Waals surface area contributed by atoms with E-state index in [4.69, 9.17) is 18.8 Å². The second kappa shape index (κ2) is 10.6. The van der Waals surface area contributed by atoms with Gasteiger partial charge in [-0.3, -0.25) is 9.59 Å². The van der Waals surface area contributed by atoms with Crippen LogP contribution in [0.5, 0.6) is 11.5 Å². The summed E-state index contributed by atoms with van der Waals surface area (Å²) in [6.07, 6.45) is 0.